The highest BCUT2D eigenvalue weighted by Gasteiger charge is 2.32. The Morgan fingerprint density at radius 2 is 2.33 bits per heavy atom. The van der Waals surface area contributed by atoms with Gasteiger partial charge < -0.3 is 14.6 Å². The first-order valence-corrected chi connectivity index (χ1v) is 7.75. The Morgan fingerprint density at radius 3 is 3.00 bits per heavy atom. The van der Waals surface area contributed by atoms with Crippen molar-refractivity contribution in [2.45, 2.75) is 31.9 Å². The van der Waals surface area contributed by atoms with Crippen molar-refractivity contribution in [3.63, 3.8) is 0 Å². The SMILES string of the molecule is C[C@@H](OCC1CC1)C(=O)N1CCN(C)[C@@H](c2ncc[nH]2)C1. The van der Waals surface area contributed by atoms with Crippen LogP contribution in [0.1, 0.15) is 31.6 Å². The second-order valence-electron chi connectivity index (χ2n) is 6.17. The van der Waals surface area contributed by atoms with Crippen LogP contribution < -0.4 is 0 Å². The molecular weight excluding hydrogens is 268 g/mol. The third-order valence-electron chi connectivity index (χ3n) is 4.42. The Balaban J connectivity index is 1.58. The fourth-order valence-corrected chi connectivity index (χ4v) is 2.72. The number of carbonyl (C=O) groups is 1. The fourth-order valence-electron chi connectivity index (χ4n) is 2.72. The molecule has 1 aliphatic heterocycles. The van der Waals surface area contributed by atoms with Gasteiger partial charge in [-0.15, -0.1) is 0 Å². The summed E-state index contributed by atoms with van der Waals surface area (Å²) >= 11 is 0. The van der Waals surface area contributed by atoms with Gasteiger partial charge in [-0.1, -0.05) is 0 Å². The summed E-state index contributed by atoms with van der Waals surface area (Å²) in [4.78, 5) is 24.1. The smallest absolute Gasteiger partial charge is 0.251 e. The molecule has 116 valence electrons. The Labute approximate surface area is 125 Å². The Hall–Kier alpha value is -1.40. The first-order chi connectivity index (χ1) is 10.1. The van der Waals surface area contributed by atoms with E-state index in [0.717, 1.165) is 25.5 Å². The third kappa shape index (κ3) is 3.44. The van der Waals surface area contributed by atoms with Crippen molar-refractivity contribution in [1.29, 1.82) is 0 Å². The number of H-pyrrole nitrogens is 1. The molecule has 2 aliphatic rings. The van der Waals surface area contributed by atoms with Crippen LogP contribution in [-0.2, 0) is 9.53 Å². The minimum absolute atomic E-state index is 0.0975. The first kappa shape index (κ1) is 14.5. The van der Waals surface area contributed by atoms with E-state index in [1.165, 1.54) is 12.8 Å². The molecule has 3 rings (SSSR count). The van der Waals surface area contributed by atoms with Crippen LogP contribution in [0.4, 0.5) is 0 Å². The Bertz CT molecular complexity index is 472. The van der Waals surface area contributed by atoms with E-state index < -0.39 is 0 Å². The molecule has 6 nitrogen and oxygen atoms in total. The number of nitrogens with zero attached hydrogens (tertiary/aromatic N) is 3. The van der Waals surface area contributed by atoms with Crippen LogP contribution in [-0.4, -0.2) is 65.1 Å². The van der Waals surface area contributed by atoms with Crippen LogP contribution in [0, 0.1) is 5.92 Å². The number of rotatable bonds is 5. The summed E-state index contributed by atoms with van der Waals surface area (Å²) in [5.41, 5.74) is 0. The lowest BCUT2D eigenvalue weighted by molar-refractivity contribution is -0.145. The molecule has 1 saturated heterocycles. The average Bonchev–Trinajstić information content (AvgIpc) is 3.17. The van der Waals surface area contributed by atoms with Crippen molar-refractivity contribution in [3.05, 3.63) is 18.2 Å². The normalized spacial score (nSPS) is 25.0. The zero-order chi connectivity index (χ0) is 14.8. The summed E-state index contributed by atoms with van der Waals surface area (Å²) in [6.45, 7) is 4.86. The molecule has 0 spiro atoms. The topological polar surface area (TPSA) is 61.5 Å². The molecule has 1 amide bonds. The number of hydrogen-bond donors (Lipinski definition) is 1. The van der Waals surface area contributed by atoms with Crippen molar-refractivity contribution in [2.75, 3.05) is 33.3 Å². The number of likely N-dealkylation sites (N-methyl/N-ethyl adjacent to an activating group) is 1. The van der Waals surface area contributed by atoms with E-state index in [9.17, 15) is 4.79 Å². The largest absolute Gasteiger partial charge is 0.368 e. The van der Waals surface area contributed by atoms with Gasteiger partial charge in [-0.25, -0.2) is 4.98 Å². The number of aromatic nitrogens is 2. The van der Waals surface area contributed by atoms with Crippen LogP contribution >= 0.6 is 0 Å². The van der Waals surface area contributed by atoms with E-state index in [0.29, 0.717) is 12.5 Å². The number of amides is 1. The zero-order valence-corrected chi connectivity index (χ0v) is 12.8. The monoisotopic (exact) mass is 292 g/mol. The molecule has 21 heavy (non-hydrogen) atoms. The minimum Gasteiger partial charge on any atom is -0.368 e. The van der Waals surface area contributed by atoms with Gasteiger partial charge in [0.25, 0.3) is 5.91 Å². The molecule has 2 atom stereocenters. The van der Waals surface area contributed by atoms with Crippen molar-refractivity contribution in [3.8, 4) is 0 Å². The quantitative estimate of drug-likeness (QED) is 0.881. The van der Waals surface area contributed by atoms with Crippen LogP contribution in [0.25, 0.3) is 0 Å². The minimum atomic E-state index is -0.341. The van der Waals surface area contributed by atoms with Crippen LogP contribution in [0.3, 0.4) is 0 Å². The van der Waals surface area contributed by atoms with Gasteiger partial charge in [0, 0.05) is 32.0 Å². The molecule has 0 radical (unpaired) electrons. The van der Waals surface area contributed by atoms with Gasteiger partial charge in [0.1, 0.15) is 11.9 Å². The van der Waals surface area contributed by atoms with Gasteiger partial charge in [0.2, 0.25) is 0 Å². The maximum atomic E-state index is 12.5. The van der Waals surface area contributed by atoms with Gasteiger partial charge in [0.05, 0.1) is 12.6 Å². The van der Waals surface area contributed by atoms with Crippen molar-refractivity contribution in [2.24, 2.45) is 5.92 Å². The Morgan fingerprint density at radius 1 is 1.52 bits per heavy atom. The van der Waals surface area contributed by atoms with Gasteiger partial charge in [0.15, 0.2) is 0 Å². The van der Waals surface area contributed by atoms with E-state index in [4.69, 9.17) is 4.74 Å². The van der Waals surface area contributed by atoms with E-state index in [2.05, 4.69) is 21.9 Å². The lowest BCUT2D eigenvalue weighted by Gasteiger charge is -2.39. The molecule has 2 fully saturated rings. The lowest BCUT2D eigenvalue weighted by atomic mass is 10.1. The highest BCUT2D eigenvalue weighted by atomic mass is 16.5. The van der Waals surface area contributed by atoms with Crippen LogP contribution in [0.5, 0.6) is 0 Å². The number of piperazine rings is 1. The number of hydrogen-bond acceptors (Lipinski definition) is 4. The number of carbonyl (C=O) groups excluding carboxylic acids is 1. The predicted octanol–water partition coefficient (Wildman–Crippen LogP) is 1.04. The van der Waals surface area contributed by atoms with Gasteiger partial charge >= 0.3 is 0 Å². The maximum Gasteiger partial charge on any atom is 0.251 e. The highest BCUT2D eigenvalue weighted by molar-refractivity contribution is 5.80. The van der Waals surface area contributed by atoms with E-state index >= 15 is 0 Å². The number of ether oxygens (including phenoxy) is 1. The lowest BCUT2D eigenvalue weighted by Crippen LogP contribution is -2.51. The molecule has 1 aromatic heterocycles. The zero-order valence-electron chi connectivity index (χ0n) is 12.8. The van der Waals surface area contributed by atoms with E-state index in [1.807, 2.05) is 18.0 Å². The average molecular weight is 292 g/mol. The maximum absolute atomic E-state index is 12.5. The molecule has 0 unspecified atom stereocenters. The molecule has 1 saturated carbocycles. The summed E-state index contributed by atoms with van der Waals surface area (Å²) in [7, 11) is 2.07. The summed E-state index contributed by atoms with van der Waals surface area (Å²) in [6, 6.07) is 0.133. The molecule has 1 aromatic rings. The second-order valence-corrected chi connectivity index (χ2v) is 6.17. The van der Waals surface area contributed by atoms with Crippen molar-refractivity contribution < 1.29 is 9.53 Å². The number of aromatic amines is 1. The van der Waals surface area contributed by atoms with Gasteiger partial charge in [-0.05, 0) is 32.7 Å². The van der Waals surface area contributed by atoms with Crippen LogP contribution in [0.2, 0.25) is 0 Å². The fraction of sp³-hybridized carbons (Fsp3) is 0.733. The second kappa shape index (κ2) is 6.15. The summed E-state index contributed by atoms with van der Waals surface area (Å²) in [5, 5.41) is 0. The molecule has 1 aliphatic carbocycles. The Kier molecular flexibility index (Phi) is 4.26. The first-order valence-electron chi connectivity index (χ1n) is 7.75. The molecule has 1 N–H and O–H groups in total. The van der Waals surface area contributed by atoms with Crippen molar-refractivity contribution in [1.82, 2.24) is 19.8 Å². The van der Waals surface area contributed by atoms with E-state index in [1.54, 1.807) is 6.20 Å². The number of nitrogens with one attached hydrogen (secondary N) is 1. The standard InChI is InChI=1S/C15H24N4O2/c1-11(21-10-12-3-4-12)15(20)19-8-7-18(2)13(9-19)14-16-5-6-17-14/h5-6,11-13H,3-4,7-10H2,1-2H3,(H,16,17)/t11-,13-/m1/s1. The summed E-state index contributed by atoms with van der Waals surface area (Å²) < 4.78 is 5.71. The third-order valence-corrected chi connectivity index (χ3v) is 4.42. The summed E-state index contributed by atoms with van der Waals surface area (Å²) in [6.07, 6.45) is 5.73. The summed E-state index contributed by atoms with van der Waals surface area (Å²) in [5.74, 6) is 1.70. The predicted molar refractivity (Wildman–Crippen MR) is 78.7 cm³/mol. The van der Waals surface area contributed by atoms with Gasteiger partial charge in [-0.3, -0.25) is 9.69 Å². The van der Waals surface area contributed by atoms with Gasteiger partial charge in [-0.2, -0.15) is 0 Å². The molecule has 0 aromatic carbocycles. The van der Waals surface area contributed by atoms with Crippen LogP contribution in [0.15, 0.2) is 12.4 Å². The number of imidazole rings is 1. The molecular formula is C15H24N4O2. The van der Waals surface area contributed by atoms with Crippen molar-refractivity contribution >= 4 is 5.91 Å². The van der Waals surface area contributed by atoms with E-state index in [-0.39, 0.29) is 18.1 Å². The molecule has 2 heterocycles. The molecule has 6 heteroatoms. The highest BCUT2D eigenvalue weighted by Crippen LogP contribution is 2.29. The molecule has 0 bridgehead atoms.